The lowest BCUT2D eigenvalue weighted by molar-refractivity contribution is -0.114. The Labute approximate surface area is 104 Å². The Morgan fingerprint density at radius 1 is 1.00 bits per heavy atom. The average Bonchev–Trinajstić information content (AvgIpc) is 2.59. The summed E-state index contributed by atoms with van der Waals surface area (Å²) in [5, 5.41) is 0. The van der Waals surface area contributed by atoms with Crippen LogP contribution >= 0.6 is 0 Å². The fraction of sp³-hybridized carbons (Fsp3) is 0.438. The molecule has 0 saturated carbocycles. The van der Waals surface area contributed by atoms with Crippen LogP contribution in [0.25, 0.3) is 5.57 Å². The first kappa shape index (κ1) is 12.1. The molecule has 1 heteroatoms. The first-order valence-corrected chi connectivity index (χ1v) is 6.23. The van der Waals surface area contributed by atoms with Crippen LogP contribution in [0, 0.1) is 0 Å². The second kappa shape index (κ2) is 4.14. The van der Waals surface area contributed by atoms with Crippen molar-refractivity contribution in [2.45, 2.75) is 46.0 Å². The Hall–Kier alpha value is -1.37. The Morgan fingerprint density at radius 2 is 1.59 bits per heavy atom. The molecule has 0 bridgehead atoms. The van der Waals surface area contributed by atoms with Gasteiger partial charge in [0.15, 0.2) is 5.78 Å². The van der Waals surface area contributed by atoms with Gasteiger partial charge in [0.1, 0.15) is 0 Å². The number of rotatable bonds is 1. The highest BCUT2D eigenvalue weighted by Gasteiger charge is 2.20. The van der Waals surface area contributed by atoms with Gasteiger partial charge < -0.3 is 0 Å². The zero-order valence-electron chi connectivity index (χ0n) is 11.1. The molecule has 0 unspecified atom stereocenters. The van der Waals surface area contributed by atoms with Crippen LogP contribution in [0.2, 0.25) is 0 Å². The minimum Gasteiger partial charge on any atom is -0.295 e. The van der Waals surface area contributed by atoms with Crippen LogP contribution in [0.4, 0.5) is 0 Å². The van der Waals surface area contributed by atoms with Crippen molar-refractivity contribution in [2.24, 2.45) is 0 Å². The van der Waals surface area contributed by atoms with E-state index in [9.17, 15) is 4.79 Å². The van der Waals surface area contributed by atoms with Gasteiger partial charge in [-0.1, -0.05) is 45.0 Å². The lowest BCUT2D eigenvalue weighted by Gasteiger charge is -2.19. The summed E-state index contributed by atoms with van der Waals surface area (Å²) in [6.45, 7) is 8.59. The molecule has 1 aliphatic rings. The van der Waals surface area contributed by atoms with Gasteiger partial charge in [-0.25, -0.2) is 0 Å². The van der Waals surface area contributed by atoms with Gasteiger partial charge in [-0.3, -0.25) is 4.79 Å². The van der Waals surface area contributed by atoms with Gasteiger partial charge in [0.25, 0.3) is 0 Å². The predicted molar refractivity (Wildman–Crippen MR) is 72.0 cm³/mol. The second-order valence-corrected chi connectivity index (χ2v) is 5.85. The van der Waals surface area contributed by atoms with Crippen molar-refractivity contribution in [1.29, 1.82) is 0 Å². The van der Waals surface area contributed by atoms with Crippen LogP contribution in [0.1, 0.15) is 51.7 Å². The Bertz CT molecular complexity index is 469. The Kier molecular flexibility index (Phi) is 2.94. The number of allylic oxidation sites excluding steroid dienone is 2. The standard InChI is InChI=1S/C16H20O/c1-11-14(9-10-15(11)17)12-5-7-13(8-6-12)16(2,3)4/h5-8H,9-10H2,1-4H3. The minimum atomic E-state index is 0.188. The maximum atomic E-state index is 11.5. The number of benzene rings is 1. The van der Waals surface area contributed by atoms with E-state index in [1.807, 2.05) is 6.92 Å². The number of carbonyl (C=O) groups is 1. The molecule has 1 aliphatic carbocycles. The van der Waals surface area contributed by atoms with Crippen LogP contribution in [-0.4, -0.2) is 5.78 Å². The van der Waals surface area contributed by atoms with E-state index in [0.717, 1.165) is 12.0 Å². The Balaban J connectivity index is 2.34. The minimum absolute atomic E-state index is 0.188. The summed E-state index contributed by atoms with van der Waals surface area (Å²) in [4.78, 5) is 11.5. The molecular weight excluding hydrogens is 208 g/mol. The molecule has 0 N–H and O–H groups in total. The van der Waals surface area contributed by atoms with Gasteiger partial charge in [0.05, 0.1) is 0 Å². The van der Waals surface area contributed by atoms with E-state index in [0.29, 0.717) is 12.2 Å². The van der Waals surface area contributed by atoms with E-state index in [4.69, 9.17) is 0 Å². The lowest BCUT2D eigenvalue weighted by atomic mass is 9.86. The highest BCUT2D eigenvalue weighted by molar-refractivity contribution is 6.06. The number of carbonyl (C=O) groups excluding carboxylic acids is 1. The molecule has 0 heterocycles. The summed E-state index contributed by atoms with van der Waals surface area (Å²) < 4.78 is 0. The lowest BCUT2D eigenvalue weighted by Crippen LogP contribution is -2.10. The molecule has 0 radical (unpaired) electrons. The fourth-order valence-electron chi connectivity index (χ4n) is 2.31. The normalized spacial score (nSPS) is 16.8. The van der Waals surface area contributed by atoms with E-state index in [1.54, 1.807) is 0 Å². The van der Waals surface area contributed by atoms with Crippen LogP contribution in [0.5, 0.6) is 0 Å². The van der Waals surface area contributed by atoms with E-state index >= 15 is 0 Å². The first-order valence-electron chi connectivity index (χ1n) is 6.23. The van der Waals surface area contributed by atoms with Crippen molar-refractivity contribution < 1.29 is 4.79 Å². The SMILES string of the molecule is CC1=C(c2ccc(C(C)(C)C)cc2)CCC1=O. The van der Waals surface area contributed by atoms with E-state index < -0.39 is 0 Å². The van der Waals surface area contributed by atoms with Crippen LogP contribution in [0.3, 0.4) is 0 Å². The van der Waals surface area contributed by atoms with E-state index in [-0.39, 0.29) is 5.41 Å². The van der Waals surface area contributed by atoms with E-state index in [2.05, 4.69) is 45.0 Å². The summed E-state index contributed by atoms with van der Waals surface area (Å²) >= 11 is 0. The van der Waals surface area contributed by atoms with Gasteiger partial charge in [-0.2, -0.15) is 0 Å². The fourth-order valence-corrected chi connectivity index (χ4v) is 2.31. The number of ketones is 1. The highest BCUT2D eigenvalue weighted by Crippen LogP contribution is 2.32. The van der Waals surface area contributed by atoms with Gasteiger partial charge in [0.2, 0.25) is 0 Å². The second-order valence-electron chi connectivity index (χ2n) is 5.85. The summed E-state index contributed by atoms with van der Waals surface area (Å²) in [7, 11) is 0. The summed E-state index contributed by atoms with van der Waals surface area (Å²) in [6, 6.07) is 8.66. The molecule has 0 spiro atoms. The van der Waals surface area contributed by atoms with Crippen LogP contribution in [-0.2, 0) is 10.2 Å². The zero-order chi connectivity index (χ0) is 12.6. The van der Waals surface area contributed by atoms with Crippen molar-refractivity contribution in [3.05, 3.63) is 41.0 Å². The predicted octanol–water partition coefficient (Wildman–Crippen LogP) is 4.12. The monoisotopic (exact) mass is 228 g/mol. The Morgan fingerprint density at radius 3 is 2.00 bits per heavy atom. The quantitative estimate of drug-likeness (QED) is 0.706. The summed E-state index contributed by atoms with van der Waals surface area (Å²) in [5.41, 5.74) is 4.92. The molecule has 1 aromatic rings. The molecule has 0 saturated heterocycles. The van der Waals surface area contributed by atoms with Gasteiger partial charge in [-0.15, -0.1) is 0 Å². The first-order chi connectivity index (χ1) is 7.89. The third-order valence-corrected chi connectivity index (χ3v) is 3.57. The van der Waals surface area contributed by atoms with Crippen molar-refractivity contribution in [2.75, 3.05) is 0 Å². The average molecular weight is 228 g/mol. The molecule has 0 aliphatic heterocycles. The van der Waals surface area contributed by atoms with Crippen molar-refractivity contribution in [3.63, 3.8) is 0 Å². The molecule has 1 nitrogen and oxygen atoms in total. The summed E-state index contributed by atoms with van der Waals surface area (Å²) in [6.07, 6.45) is 1.59. The number of hydrogen-bond donors (Lipinski definition) is 0. The van der Waals surface area contributed by atoms with Crippen LogP contribution in [0.15, 0.2) is 29.8 Å². The molecule has 90 valence electrons. The van der Waals surface area contributed by atoms with Gasteiger partial charge in [0, 0.05) is 6.42 Å². The van der Waals surface area contributed by atoms with E-state index in [1.165, 1.54) is 16.7 Å². The molecule has 0 fully saturated rings. The zero-order valence-corrected chi connectivity index (χ0v) is 11.1. The van der Waals surface area contributed by atoms with Gasteiger partial charge in [-0.05, 0) is 41.0 Å². The maximum absolute atomic E-state index is 11.5. The van der Waals surface area contributed by atoms with Gasteiger partial charge >= 0.3 is 0 Å². The molecule has 1 aromatic carbocycles. The van der Waals surface area contributed by atoms with Crippen molar-refractivity contribution >= 4 is 11.4 Å². The smallest absolute Gasteiger partial charge is 0.159 e. The van der Waals surface area contributed by atoms with Crippen LogP contribution < -0.4 is 0 Å². The molecule has 0 atom stereocenters. The summed E-state index contributed by atoms with van der Waals surface area (Å²) in [5.74, 6) is 0.305. The number of Topliss-reactive ketones (excluding diaryl/α,β-unsaturated/α-hetero) is 1. The highest BCUT2D eigenvalue weighted by atomic mass is 16.1. The maximum Gasteiger partial charge on any atom is 0.159 e. The molecular formula is C16H20O. The van der Waals surface area contributed by atoms with Crippen molar-refractivity contribution in [1.82, 2.24) is 0 Å². The third-order valence-electron chi connectivity index (χ3n) is 3.57. The largest absolute Gasteiger partial charge is 0.295 e. The topological polar surface area (TPSA) is 17.1 Å². The number of hydrogen-bond acceptors (Lipinski definition) is 1. The third kappa shape index (κ3) is 2.33. The van der Waals surface area contributed by atoms with Crippen molar-refractivity contribution in [3.8, 4) is 0 Å². The molecule has 0 amide bonds. The molecule has 17 heavy (non-hydrogen) atoms. The molecule has 0 aromatic heterocycles. The molecule has 2 rings (SSSR count).